The number of esters is 1. The molecule has 0 radical (unpaired) electrons. The van der Waals surface area contributed by atoms with Crippen molar-refractivity contribution in [1.29, 1.82) is 0 Å². The summed E-state index contributed by atoms with van der Waals surface area (Å²) in [6.45, 7) is 9.76. The molecule has 1 N–H and O–H groups in total. The average molecular weight is 596 g/mol. The van der Waals surface area contributed by atoms with Gasteiger partial charge in [-0.1, -0.05) is 12.1 Å². The van der Waals surface area contributed by atoms with Gasteiger partial charge in [0.2, 0.25) is 5.88 Å². The van der Waals surface area contributed by atoms with Gasteiger partial charge in [0, 0.05) is 0 Å². The van der Waals surface area contributed by atoms with E-state index < -0.39 is 50.6 Å². The van der Waals surface area contributed by atoms with Gasteiger partial charge in [0.05, 0.1) is 27.3 Å². The van der Waals surface area contributed by atoms with E-state index in [1.54, 1.807) is 41.5 Å². The lowest BCUT2D eigenvalue weighted by Gasteiger charge is -2.25. The Morgan fingerprint density at radius 1 is 1.14 bits per heavy atom. The number of carbonyl (C=O) groups excluding carboxylic acids is 1. The van der Waals surface area contributed by atoms with Crippen LogP contribution >= 0.6 is 15.9 Å². The van der Waals surface area contributed by atoms with Gasteiger partial charge in [-0.3, -0.25) is 14.2 Å². The minimum absolute atomic E-state index is 0.0586. The van der Waals surface area contributed by atoms with Crippen molar-refractivity contribution in [3.8, 4) is 5.88 Å². The molecule has 2 aromatic rings. The number of nitrogens with one attached hydrogen (secondary N) is 1. The number of rotatable bonds is 8. The Morgan fingerprint density at radius 2 is 1.72 bits per heavy atom. The summed E-state index contributed by atoms with van der Waals surface area (Å²) in [7, 11) is -1.58. The SMILES string of the molecule is CC(C)(C)OC(=O)Cn1cnc(OC[C@@H](N[S@](=O)C(C)(C)C)c2ccc(C(F)(F)F)cc2)c(Br)c1=O. The van der Waals surface area contributed by atoms with E-state index in [0.29, 0.717) is 5.56 Å². The van der Waals surface area contributed by atoms with Crippen molar-refractivity contribution in [2.45, 2.75) is 70.7 Å². The summed E-state index contributed by atoms with van der Waals surface area (Å²) >= 11 is 3.12. The van der Waals surface area contributed by atoms with Gasteiger partial charge < -0.3 is 9.47 Å². The number of carbonyl (C=O) groups is 1. The van der Waals surface area contributed by atoms with Gasteiger partial charge >= 0.3 is 12.1 Å². The molecule has 0 unspecified atom stereocenters. The second-order valence-corrected chi connectivity index (χ2v) is 12.7. The normalized spacial score (nSPS) is 14.3. The second-order valence-electron chi connectivity index (χ2n) is 9.87. The maximum Gasteiger partial charge on any atom is 0.416 e. The van der Waals surface area contributed by atoms with Gasteiger partial charge in [-0.05, 0) is 75.2 Å². The van der Waals surface area contributed by atoms with Gasteiger partial charge in [-0.15, -0.1) is 0 Å². The molecule has 0 amide bonds. The summed E-state index contributed by atoms with van der Waals surface area (Å²) in [4.78, 5) is 28.8. The summed E-state index contributed by atoms with van der Waals surface area (Å²) in [6, 6.07) is 3.60. The highest BCUT2D eigenvalue weighted by Crippen LogP contribution is 2.30. The van der Waals surface area contributed by atoms with Crippen molar-refractivity contribution >= 4 is 32.9 Å². The number of hydrogen-bond acceptors (Lipinski definition) is 6. The van der Waals surface area contributed by atoms with Crippen LogP contribution in [0.5, 0.6) is 5.88 Å². The number of benzene rings is 1. The van der Waals surface area contributed by atoms with E-state index in [1.165, 1.54) is 12.1 Å². The Hall–Kier alpha value is -2.25. The first-order chi connectivity index (χ1) is 16.4. The summed E-state index contributed by atoms with van der Waals surface area (Å²) in [6.07, 6.45) is -3.37. The minimum atomic E-state index is -4.50. The zero-order valence-corrected chi connectivity index (χ0v) is 23.1. The van der Waals surface area contributed by atoms with Crippen LogP contribution in [-0.4, -0.2) is 36.7 Å². The predicted molar refractivity (Wildman–Crippen MR) is 133 cm³/mol. The highest BCUT2D eigenvalue weighted by atomic mass is 79.9. The second kappa shape index (κ2) is 11.4. The molecule has 1 heterocycles. The Balaban J connectivity index is 2.25. The maximum atomic E-state index is 13.0. The third kappa shape index (κ3) is 8.70. The van der Waals surface area contributed by atoms with Gasteiger partial charge in [-0.2, -0.15) is 13.2 Å². The standard InChI is InChI=1S/C23H29BrF3N3O5S/c1-21(2,3)35-17(31)11-30-13-28-19(18(24)20(30)32)34-12-16(29-36(33)22(4,5)6)14-7-9-15(10-8-14)23(25,26)27/h7-10,13,16,29H,11-12H2,1-6H3/t16-,36-/m1/s1. The minimum Gasteiger partial charge on any atom is -0.475 e. The Kier molecular flexibility index (Phi) is 9.52. The molecular formula is C23H29BrF3N3O5S. The van der Waals surface area contributed by atoms with E-state index in [2.05, 4.69) is 25.6 Å². The molecule has 0 aliphatic rings. The summed E-state index contributed by atoms with van der Waals surface area (Å²) in [5, 5.41) is 0. The number of halogens is 4. The Morgan fingerprint density at radius 3 is 2.22 bits per heavy atom. The molecule has 13 heteroatoms. The smallest absolute Gasteiger partial charge is 0.416 e. The zero-order chi connectivity index (χ0) is 27.5. The summed E-state index contributed by atoms with van der Waals surface area (Å²) in [5.41, 5.74) is -1.74. The van der Waals surface area contributed by atoms with Crippen LogP contribution in [0.15, 0.2) is 39.9 Å². The summed E-state index contributed by atoms with van der Waals surface area (Å²) in [5.74, 6) is -0.719. The maximum absolute atomic E-state index is 13.0. The third-order valence-corrected chi connectivity index (χ3v) is 6.79. The molecule has 0 aliphatic carbocycles. The van der Waals surface area contributed by atoms with Gasteiger partial charge in [0.25, 0.3) is 5.56 Å². The van der Waals surface area contributed by atoms with Crippen LogP contribution in [0.4, 0.5) is 13.2 Å². The van der Waals surface area contributed by atoms with E-state index in [4.69, 9.17) is 9.47 Å². The van der Waals surface area contributed by atoms with Crippen molar-refractivity contribution in [3.05, 3.63) is 56.5 Å². The Bertz CT molecular complexity index is 1160. The quantitative estimate of drug-likeness (QED) is 0.450. The zero-order valence-electron chi connectivity index (χ0n) is 20.7. The van der Waals surface area contributed by atoms with Crippen LogP contribution in [0.1, 0.15) is 58.7 Å². The lowest BCUT2D eigenvalue weighted by atomic mass is 10.1. The fourth-order valence-electron chi connectivity index (χ4n) is 2.75. The average Bonchev–Trinajstić information content (AvgIpc) is 2.73. The topological polar surface area (TPSA) is 99.5 Å². The monoisotopic (exact) mass is 595 g/mol. The molecule has 8 nitrogen and oxygen atoms in total. The molecule has 0 aliphatic heterocycles. The van der Waals surface area contributed by atoms with Crippen LogP contribution in [0.3, 0.4) is 0 Å². The number of hydrogen-bond donors (Lipinski definition) is 1. The number of alkyl halides is 3. The van der Waals surface area contributed by atoms with Crippen LogP contribution in [-0.2, 0) is 33.2 Å². The van der Waals surface area contributed by atoms with Crippen LogP contribution in [0.25, 0.3) is 0 Å². The number of ether oxygens (including phenoxy) is 2. The first-order valence-electron chi connectivity index (χ1n) is 10.8. The highest BCUT2D eigenvalue weighted by Gasteiger charge is 2.31. The van der Waals surface area contributed by atoms with E-state index in [-0.39, 0.29) is 23.5 Å². The van der Waals surface area contributed by atoms with Crippen molar-refractivity contribution in [3.63, 3.8) is 0 Å². The van der Waals surface area contributed by atoms with E-state index in [9.17, 15) is 27.0 Å². The van der Waals surface area contributed by atoms with Gasteiger partial charge in [0.15, 0.2) is 0 Å². The Labute approximate surface area is 218 Å². The molecule has 2 rings (SSSR count). The fourth-order valence-corrected chi connectivity index (χ4v) is 4.01. The third-order valence-electron chi connectivity index (χ3n) is 4.50. The molecule has 0 bridgehead atoms. The van der Waals surface area contributed by atoms with Gasteiger partial charge in [0.1, 0.15) is 29.6 Å². The van der Waals surface area contributed by atoms with E-state index in [0.717, 1.165) is 23.0 Å². The lowest BCUT2D eigenvalue weighted by Crippen LogP contribution is -2.38. The molecule has 2 atom stereocenters. The van der Waals surface area contributed by atoms with Crippen molar-refractivity contribution < 1.29 is 31.6 Å². The molecule has 0 fully saturated rings. The molecule has 200 valence electrons. The number of aromatic nitrogens is 2. The highest BCUT2D eigenvalue weighted by molar-refractivity contribution is 9.10. The van der Waals surface area contributed by atoms with Crippen molar-refractivity contribution in [1.82, 2.24) is 14.3 Å². The predicted octanol–water partition coefficient (Wildman–Crippen LogP) is 4.54. The molecule has 1 aromatic carbocycles. The molecular weight excluding hydrogens is 567 g/mol. The lowest BCUT2D eigenvalue weighted by molar-refractivity contribution is -0.155. The van der Waals surface area contributed by atoms with Crippen molar-refractivity contribution in [2.75, 3.05) is 6.61 Å². The molecule has 0 saturated carbocycles. The number of nitrogens with zero attached hydrogens (tertiary/aromatic N) is 2. The largest absolute Gasteiger partial charge is 0.475 e. The van der Waals surface area contributed by atoms with Crippen LogP contribution in [0, 0.1) is 0 Å². The first-order valence-corrected chi connectivity index (χ1v) is 12.8. The molecule has 36 heavy (non-hydrogen) atoms. The van der Waals surface area contributed by atoms with Gasteiger partial charge in [-0.25, -0.2) is 13.9 Å². The fraction of sp³-hybridized carbons (Fsp3) is 0.522. The first kappa shape index (κ1) is 30.0. The molecule has 0 spiro atoms. The van der Waals surface area contributed by atoms with E-state index in [1.807, 2.05) is 0 Å². The molecule has 1 aromatic heterocycles. The summed E-state index contributed by atoms with van der Waals surface area (Å²) < 4.78 is 65.7. The van der Waals surface area contributed by atoms with Crippen LogP contribution in [0.2, 0.25) is 0 Å². The molecule has 0 saturated heterocycles. The van der Waals surface area contributed by atoms with E-state index >= 15 is 0 Å². The van der Waals surface area contributed by atoms with Crippen molar-refractivity contribution in [2.24, 2.45) is 0 Å². The van der Waals surface area contributed by atoms with Crippen LogP contribution < -0.4 is 15.0 Å².